The summed E-state index contributed by atoms with van der Waals surface area (Å²) in [5.41, 5.74) is 4.33. The molecule has 27 heavy (non-hydrogen) atoms. The number of sulfonamides is 1. The summed E-state index contributed by atoms with van der Waals surface area (Å²) in [6, 6.07) is 10.3. The lowest BCUT2D eigenvalue weighted by Crippen LogP contribution is -2.30. The van der Waals surface area contributed by atoms with E-state index in [0.717, 1.165) is 37.9 Å². The molecule has 0 aromatic heterocycles. The molecule has 4 rings (SSSR count). The van der Waals surface area contributed by atoms with Gasteiger partial charge in [0.15, 0.2) is 0 Å². The normalized spacial score (nSPS) is 18.9. The zero-order valence-electron chi connectivity index (χ0n) is 14.7. The van der Waals surface area contributed by atoms with E-state index in [1.54, 1.807) is 0 Å². The van der Waals surface area contributed by atoms with Gasteiger partial charge >= 0.3 is 0 Å². The molecule has 0 fully saturated rings. The molecular formula is C20H20ClFN2O2S. The number of benzene rings is 2. The maximum Gasteiger partial charge on any atom is 0.240 e. The van der Waals surface area contributed by atoms with Crippen LogP contribution in [-0.4, -0.2) is 26.4 Å². The Kier molecular flexibility index (Phi) is 4.97. The molecule has 0 saturated carbocycles. The van der Waals surface area contributed by atoms with Crippen molar-refractivity contribution >= 4 is 21.6 Å². The third-order valence-corrected chi connectivity index (χ3v) is 6.95. The molecule has 142 valence electrons. The molecule has 1 atom stereocenters. The van der Waals surface area contributed by atoms with E-state index in [-0.39, 0.29) is 16.5 Å². The van der Waals surface area contributed by atoms with Crippen LogP contribution in [0.25, 0.3) is 0 Å². The van der Waals surface area contributed by atoms with Crippen LogP contribution in [0.1, 0.15) is 29.2 Å². The summed E-state index contributed by atoms with van der Waals surface area (Å²) in [7, 11) is -3.73. The Morgan fingerprint density at radius 2 is 2.00 bits per heavy atom. The first-order valence-corrected chi connectivity index (χ1v) is 10.8. The lowest BCUT2D eigenvalue weighted by Gasteiger charge is -2.34. The fourth-order valence-electron chi connectivity index (χ4n) is 3.96. The highest BCUT2D eigenvalue weighted by atomic mass is 35.5. The van der Waals surface area contributed by atoms with E-state index in [2.05, 4.69) is 27.8 Å². The predicted molar refractivity (Wildman–Crippen MR) is 104 cm³/mol. The van der Waals surface area contributed by atoms with E-state index in [4.69, 9.17) is 11.6 Å². The fraction of sp³-hybridized carbons (Fsp3) is 0.300. The monoisotopic (exact) mass is 406 g/mol. The molecule has 2 aromatic rings. The van der Waals surface area contributed by atoms with Gasteiger partial charge in [-0.25, -0.2) is 17.5 Å². The number of nitrogens with one attached hydrogen (secondary N) is 1. The minimum Gasteiger partial charge on any atom is -0.370 e. The van der Waals surface area contributed by atoms with Gasteiger partial charge in [-0.15, -0.1) is 0 Å². The van der Waals surface area contributed by atoms with Gasteiger partial charge in [0.2, 0.25) is 10.0 Å². The number of nitrogens with zero attached hydrogens (tertiary/aromatic N) is 1. The molecule has 1 N–H and O–H groups in total. The number of aryl methyl sites for hydroxylation is 1. The van der Waals surface area contributed by atoms with E-state index in [1.165, 1.54) is 22.8 Å². The van der Waals surface area contributed by atoms with Gasteiger partial charge in [0.25, 0.3) is 0 Å². The molecule has 0 radical (unpaired) electrons. The maximum atomic E-state index is 13.2. The van der Waals surface area contributed by atoms with Crippen LogP contribution in [0.3, 0.4) is 0 Å². The van der Waals surface area contributed by atoms with E-state index in [9.17, 15) is 12.8 Å². The van der Waals surface area contributed by atoms with E-state index in [0.29, 0.717) is 6.04 Å². The molecule has 4 nitrogen and oxygen atoms in total. The molecule has 0 spiro atoms. The summed E-state index contributed by atoms with van der Waals surface area (Å²) < 4.78 is 40.3. The molecule has 0 bridgehead atoms. The number of rotatable bonds is 5. The first-order valence-electron chi connectivity index (χ1n) is 8.93. The highest BCUT2D eigenvalue weighted by Crippen LogP contribution is 2.41. The van der Waals surface area contributed by atoms with Crippen molar-refractivity contribution in [1.82, 2.24) is 9.62 Å². The average molecular weight is 407 g/mol. The lowest BCUT2D eigenvalue weighted by molar-refractivity contribution is 0.264. The van der Waals surface area contributed by atoms with Crippen molar-refractivity contribution in [1.29, 1.82) is 0 Å². The summed E-state index contributed by atoms with van der Waals surface area (Å²) in [4.78, 5) is 2.25. The molecule has 1 heterocycles. The number of hydrogen-bond acceptors (Lipinski definition) is 3. The minimum atomic E-state index is -3.73. The van der Waals surface area contributed by atoms with Crippen molar-refractivity contribution in [2.75, 3.05) is 13.1 Å². The third-order valence-electron chi connectivity index (χ3n) is 5.24. The van der Waals surface area contributed by atoms with Crippen molar-refractivity contribution in [3.63, 3.8) is 0 Å². The Bertz CT molecular complexity index is 1010. The fourth-order valence-corrected chi connectivity index (χ4v) is 5.20. The van der Waals surface area contributed by atoms with Crippen LogP contribution in [0.5, 0.6) is 0 Å². The first kappa shape index (κ1) is 18.5. The van der Waals surface area contributed by atoms with Gasteiger partial charge in [0.1, 0.15) is 5.82 Å². The third kappa shape index (κ3) is 3.61. The summed E-state index contributed by atoms with van der Waals surface area (Å²) in [6.07, 6.45) is 6.99. The lowest BCUT2D eigenvalue weighted by atomic mass is 9.94. The second-order valence-electron chi connectivity index (χ2n) is 6.84. The summed E-state index contributed by atoms with van der Waals surface area (Å²) >= 11 is 5.67. The largest absolute Gasteiger partial charge is 0.370 e. The van der Waals surface area contributed by atoms with E-state index >= 15 is 0 Å². The van der Waals surface area contributed by atoms with Gasteiger partial charge in [-0.3, -0.25) is 0 Å². The standard InChI is InChI=1S/C20H20ClFN2O2S/c21-17-13-16(6-7-18(17)22)27(25,26)23-10-2-11-24-12-9-15-4-1-3-14-5-8-19(24)20(14)15/h1-4,6-7,11,13,19,23H,5,8-10,12H2/b11-2+. The molecule has 7 heteroatoms. The SMILES string of the molecule is O=S(=O)(NC/C=C/N1CCc2cccc3c2C1CC3)c1ccc(F)c(Cl)c1. The quantitative estimate of drug-likeness (QED) is 0.821. The smallest absolute Gasteiger partial charge is 0.240 e. The van der Waals surface area contributed by atoms with Crippen LogP contribution >= 0.6 is 11.6 Å². The Morgan fingerprint density at radius 1 is 1.22 bits per heavy atom. The number of hydrogen-bond donors (Lipinski definition) is 1. The summed E-state index contributed by atoms with van der Waals surface area (Å²) in [6.45, 7) is 1.09. The topological polar surface area (TPSA) is 49.4 Å². The molecule has 2 aliphatic rings. The Balaban J connectivity index is 1.41. The van der Waals surface area contributed by atoms with Gasteiger partial charge in [-0.1, -0.05) is 35.9 Å². The molecule has 1 aliphatic carbocycles. The highest BCUT2D eigenvalue weighted by Gasteiger charge is 2.31. The summed E-state index contributed by atoms with van der Waals surface area (Å²) in [5.74, 6) is -0.642. The van der Waals surface area contributed by atoms with Crippen LogP contribution in [0.2, 0.25) is 5.02 Å². The zero-order valence-corrected chi connectivity index (χ0v) is 16.2. The van der Waals surface area contributed by atoms with Gasteiger partial charge in [0.05, 0.1) is 16.0 Å². The zero-order chi connectivity index (χ0) is 19.0. The molecule has 2 aromatic carbocycles. The van der Waals surface area contributed by atoms with Gasteiger partial charge in [0, 0.05) is 13.1 Å². The molecular weight excluding hydrogens is 387 g/mol. The van der Waals surface area contributed by atoms with Crippen LogP contribution < -0.4 is 4.72 Å². The molecule has 1 aliphatic heterocycles. The van der Waals surface area contributed by atoms with Crippen molar-refractivity contribution in [3.05, 3.63) is 76.2 Å². The first-order chi connectivity index (χ1) is 13.0. The van der Waals surface area contributed by atoms with Crippen LogP contribution in [-0.2, 0) is 22.9 Å². The van der Waals surface area contributed by atoms with E-state index < -0.39 is 15.8 Å². The number of halogens is 2. The Labute approximate surface area is 163 Å². The van der Waals surface area contributed by atoms with Crippen LogP contribution in [0.4, 0.5) is 4.39 Å². The second kappa shape index (κ2) is 7.26. The molecule has 1 unspecified atom stereocenters. The van der Waals surface area contributed by atoms with Gasteiger partial charge < -0.3 is 4.90 Å². The maximum absolute atomic E-state index is 13.2. The van der Waals surface area contributed by atoms with Crippen molar-refractivity contribution in [3.8, 4) is 0 Å². The Hall–Kier alpha value is -1.89. The van der Waals surface area contributed by atoms with Crippen molar-refractivity contribution < 1.29 is 12.8 Å². The average Bonchev–Trinajstić information content (AvgIpc) is 3.09. The van der Waals surface area contributed by atoms with Crippen molar-refractivity contribution in [2.45, 2.75) is 30.2 Å². The van der Waals surface area contributed by atoms with Gasteiger partial charge in [-0.05, 0) is 60.4 Å². The summed E-state index contributed by atoms with van der Waals surface area (Å²) in [5, 5.41) is -0.211. The van der Waals surface area contributed by atoms with Crippen molar-refractivity contribution in [2.24, 2.45) is 0 Å². The molecule has 0 saturated heterocycles. The predicted octanol–water partition coefficient (Wildman–Crippen LogP) is 3.82. The van der Waals surface area contributed by atoms with Gasteiger partial charge in [-0.2, -0.15) is 0 Å². The minimum absolute atomic E-state index is 0.0466. The van der Waals surface area contributed by atoms with Crippen LogP contribution in [0.15, 0.2) is 53.6 Å². The highest BCUT2D eigenvalue weighted by molar-refractivity contribution is 7.89. The van der Waals surface area contributed by atoms with Crippen LogP contribution in [0, 0.1) is 5.82 Å². The second-order valence-corrected chi connectivity index (χ2v) is 9.02. The van der Waals surface area contributed by atoms with E-state index in [1.807, 2.05) is 12.3 Å². The Morgan fingerprint density at radius 3 is 2.78 bits per heavy atom. The molecule has 0 amide bonds.